The Morgan fingerprint density at radius 2 is 1.69 bits per heavy atom. The second-order valence-corrected chi connectivity index (χ2v) is 10.4. The summed E-state index contributed by atoms with van der Waals surface area (Å²) < 4.78 is 6.44. The summed E-state index contributed by atoms with van der Waals surface area (Å²) in [4.78, 5) is 0. The molecule has 1 aliphatic carbocycles. The van der Waals surface area contributed by atoms with Gasteiger partial charge in [0.15, 0.2) is 0 Å². The third-order valence-electron chi connectivity index (χ3n) is 7.27. The number of unbranched alkanes of at least 4 members (excludes halogenated alkanes) is 5. The summed E-state index contributed by atoms with van der Waals surface area (Å²) in [5.41, 5.74) is 3.98. The lowest BCUT2D eigenvalue weighted by molar-refractivity contribution is 0.118. The highest BCUT2D eigenvalue weighted by molar-refractivity contribution is 5.43. The lowest BCUT2D eigenvalue weighted by Crippen LogP contribution is -2.20. The minimum Gasteiger partial charge on any atom is -0.489 e. The Kier molecular flexibility index (Phi) is 9.66. The molecule has 1 aliphatic rings. The molecular formula is C30H44O2. The quantitative estimate of drug-likeness (QED) is 0.339. The van der Waals surface area contributed by atoms with Crippen molar-refractivity contribution < 1.29 is 9.84 Å². The molecule has 0 heterocycles. The lowest BCUT2D eigenvalue weighted by atomic mass is 9.77. The van der Waals surface area contributed by atoms with Gasteiger partial charge in [0, 0.05) is 0 Å². The smallest absolute Gasteiger partial charge is 0.123 e. The molecule has 2 aromatic carbocycles. The van der Waals surface area contributed by atoms with E-state index in [9.17, 15) is 5.11 Å². The topological polar surface area (TPSA) is 29.5 Å². The van der Waals surface area contributed by atoms with Crippen LogP contribution in [0.25, 0.3) is 0 Å². The molecule has 176 valence electrons. The van der Waals surface area contributed by atoms with Crippen LogP contribution in [0.4, 0.5) is 0 Å². The SMILES string of the molecule is CCCCCCCCC(C)(C)c1ccc([C@@H]2CCC[C@H](O)C2)c(OCc2ccccc2)c1. The number of benzene rings is 2. The molecule has 2 aromatic rings. The number of hydrogen-bond donors (Lipinski definition) is 1. The number of ether oxygens (including phenoxy) is 1. The summed E-state index contributed by atoms with van der Waals surface area (Å²) >= 11 is 0. The minimum absolute atomic E-state index is 0.139. The first kappa shape index (κ1) is 24.8. The molecule has 0 radical (unpaired) electrons. The van der Waals surface area contributed by atoms with Gasteiger partial charge in [-0.25, -0.2) is 0 Å². The third-order valence-corrected chi connectivity index (χ3v) is 7.27. The molecule has 0 saturated heterocycles. The number of aliphatic hydroxyl groups excluding tert-OH is 1. The Morgan fingerprint density at radius 1 is 0.938 bits per heavy atom. The maximum absolute atomic E-state index is 10.3. The van der Waals surface area contributed by atoms with Crippen molar-refractivity contribution in [3.8, 4) is 5.75 Å². The molecule has 0 spiro atoms. The molecule has 2 heteroatoms. The number of rotatable bonds is 12. The Labute approximate surface area is 196 Å². The molecule has 1 N–H and O–H groups in total. The van der Waals surface area contributed by atoms with Crippen LogP contribution in [0.1, 0.15) is 114 Å². The van der Waals surface area contributed by atoms with Crippen LogP contribution < -0.4 is 4.74 Å². The van der Waals surface area contributed by atoms with Gasteiger partial charge in [-0.2, -0.15) is 0 Å². The van der Waals surface area contributed by atoms with Crippen molar-refractivity contribution in [2.24, 2.45) is 0 Å². The molecule has 3 rings (SSSR count). The van der Waals surface area contributed by atoms with E-state index in [1.807, 2.05) is 6.07 Å². The van der Waals surface area contributed by atoms with Crippen LogP contribution in [-0.4, -0.2) is 11.2 Å². The molecular weight excluding hydrogens is 392 g/mol. The molecule has 32 heavy (non-hydrogen) atoms. The Bertz CT molecular complexity index is 796. The van der Waals surface area contributed by atoms with Gasteiger partial charge < -0.3 is 9.84 Å². The summed E-state index contributed by atoms with van der Waals surface area (Å²) in [5.74, 6) is 1.40. The minimum atomic E-state index is -0.181. The van der Waals surface area contributed by atoms with Crippen LogP contribution in [-0.2, 0) is 12.0 Å². The number of hydrogen-bond acceptors (Lipinski definition) is 2. The maximum atomic E-state index is 10.3. The summed E-state index contributed by atoms with van der Waals surface area (Å²) in [6, 6.07) is 17.3. The first-order valence-corrected chi connectivity index (χ1v) is 13.0. The van der Waals surface area contributed by atoms with Crippen molar-refractivity contribution in [2.45, 2.75) is 115 Å². The second kappa shape index (κ2) is 12.4. The monoisotopic (exact) mass is 436 g/mol. The van der Waals surface area contributed by atoms with Gasteiger partial charge in [-0.3, -0.25) is 0 Å². The fourth-order valence-corrected chi connectivity index (χ4v) is 5.09. The second-order valence-electron chi connectivity index (χ2n) is 10.4. The van der Waals surface area contributed by atoms with E-state index in [-0.39, 0.29) is 11.5 Å². The zero-order valence-corrected chi connectivity index (χ0v) is 20.6. The van der Waals surface area contributed by atoms with Crippen molar-refractivity contribution in [3.05, 3.63) is 65.2 Å². The van der Waals surface area contributed by atoms with Crippen LogP contribution in [0.3, 0.4) is 0 Å². The van der Waals surface area contributed by atoms with Gasteiger partial charge in [0.2, 0.25) is 0 Å². The Morgan fingerprint density at radius 3 is 2.44 bits per heavy atom. The van der Waals surface area contributed by atoms with Crippen LogP contribution >= 0.6 is 0 Å². The summed E-state index contributed by atoms with van der Waals surface area (Å²) in [6.07, 6.45) is 13.1. The van der Waals surface area contributed by atoms with Crippen molar-refractivity contribution in [1.82, 2.24) is 0 Å². The fraction of sp³-hybridized carbons (Fsp3) is 0.600. The molecule has 1 fully saturated rings. The van der Waals surface area contributed by atoms with E-state index in [2.05, 4.69) is 63.2 Å². The summed E-state index contributed by atoms with van der Waals surface area (Å²) in [6.45, 7) is 7.61. The van der Waals surface area contributed by atoms with Crippen molar-refractivity contribution in [1.29, 1.82) is 0 Å². The molecule has 0 aliphatic heterocycles. The summed E-state index contributed by atoms with van der Waals surface area (Å²) in [7, 11) is 0. The highest BCUT2D eigenvalue weighted by Gasteiger charge is 2.27. The van der Waals surface area contributed by atoms with E-state index in [1.54, 1.807) is 0 Å². The standard InChI is InChI=1S/C30H44O2/c1-4-5-6-7-8-12-20-30(2,3)26-18-19-28(25-16-13-17-27(31)21-25)29(22-26)32-23-24-14-10-9-11-15-24/h9-11,14-15,18-19,22,25,27,31H,4-8,12-13,16-17,20-21,23H2,1-3H3/t25-,27+/m1/s1. The van der Waals surface area contributed by atoms with E-state index in [1.165, 1.54) is 61.6 Å². The number of aliphatic hydroxyl groups is 1. The normalized spacial score (nSPS) is 19.1. The average Bonchev–Trinajstić information content (AvgIpc) is 2.80. The van der Waals surface area contributed by atoms with Crippen molar-refractivity contribution >= 4 is 0 Å². The zero-order valence-electron chi connectivity index (χ0n) is 20.6. The van der Waals surface area contributed by atoms with Gasteiger partial charge in [0.05, 0.1) is 6.10 Å². The summed E-state index contributed by atoms with van der Waals surface area (Å²) in [5, 5.41) is 10.3. The largest absolute Gasteiger partial charge is 0.489 e. The van der Waals surface area contributed by atoms with E-state index in [4.69, 9.17) is 4.74 Å². The van der Waals surface area contributed by atoms with Crippen LogP contribution in [0.5, 0.6) is 5.75 Å². The first-order chi connectivity index (χ1) is 15.5. The van der Waals surface area contributed by atoms with Gasteiger partial charge in [0.1, 0.15) is 12.4 Å². The average molecular weight is 437 g/mol. The molecule has 0 bridgehead atoms. The van der Waals surface area contributed by atoms with Crippen molar-refractivity contribution in [3.63, 3.8) is 0 Å². The lowest BCUT2D eigenvalue weighted by Gasteiger charge is -2.30. The molecule has 2 nitrogen and oxygen atoms in total. The highest BCUT2D eigenvalue weighted by atomic mass is 16.5. The third kappa shape index (κ3) is 7.37. The van der Waals surface area contributed by atoms with E-state index in [0.29, 0.717) is 12.5 Å². The van der Waals surface area contributed by atoms with Gasteiger partial charge in [-0.1, -0.05) is 108 Å². The molecule has 1 saturated carbocycles. The van der Waals surface area contributed by atoms with Crippen LogP contribution in [0, 0.1) is 0 Å². The maximum Gasteiger partial charge on any atom is 0.123 e. The predicted octanol–water partition coefficient (Wildman–Crippen LogP) is 8.31. The van der Waals surface area contributed by atoms with Gasteiger partial charge in [0.25, 0.3) is 0 Å². The molecule has 2 atom stereocenters. The van der Waals surface area contributed by atoms with E-state index >= 15 is 0 Å². The highest BCUT2D eigenvalue weighted by Crippen LogP contribution is 2.41. The Balaban J connectivity index is 1.73. The molecule has 0 amide bonds. The molecule has 0 aromatic heterocycles. The fourth-order valence-electron chi connectivity index (χ4n) is 5.09. The van der Waals surface area contributed by atoms with Gasteiger partial charge >= 0.3 is 0 Å². The van der Waals surface area contributed by atoms with Crippen LogP contribution in [0.15, 0.2) is 48.5 Å². The van der Waals surface area contributed by atoms with Crippen LogP contribution in [0.2, 0.25) is 0 Å². The van der Waals surface area contributed by atoms with E-state index < -0.39 is 0 Å². The van der Waals surface area contributed by atoms with Crippen molar-refractivity contribution in [2.75, 3.05) is 0 Å². The first-order valence-electron chi connectivity index (χ1n) is 13.0. The zero-order chi connectivity index (χ0) is 22.8. The predicted molar refractivity (Wildman–Crippen MR) is 135 cm³/mol. The van der Waals surface area contributed by atoms with Gasteiger partial charge in [-0.05, 0) is 59.8 Å². The van der Waals surface area contributed by atoms with E-state index in [0.717, 1.165) is 31.4 Å². The molecule has 0 unspecified atom stereocenters. The Hall–Kier alpha value is -1.80. The van der Waals surface area contributed by atoms with Gasteiger partial charge in [-0.15, -0.1) is 0 Å².